The topological polar surface area (TPSA) is 12.9 Å². The Balaban J connectivity index is 2.90. The van der Waals surface area contributed by atoms with Crippen molar-refractivity contribution in [1.29, 1.82) is 0 Å². The van der Waals surface area contributed by atoms with Gasteiger partial charge in [-0.25, -0.2) is 0 Å². The van der Waals surface area contributed by atoms with E-state index in [1.54, 1.807) is 23.3 Å². The molecule has 0 spiro atoms. The van der Waals surface area contributed by atoms with E-state index in [9.17, 15) is 0 Å². The molecule has 0 saturated heterocycles. The molecule has 0 aliphatic rings. The van der Waals surface area contributed by atoms with Crippen molar-refractivity contribution in [2.45, 2.75) is 24.7 Å². The molecule has 3 heteroatoms. The van der Waals surface area contributed by atoms with Crippen LogP contribution in [-0.4, -0.2) is 10.6 Å². The van der Waals surface area contributed by atoms with Crippen molar-refractivity contribution in [3.8, 4) is 0 Å². The van der Waals surface area contributed by atoms with Gasteiger partial charge in [0, 0.05) is 10.3 Å². The van der Waals surface area contributed by atoms with Gasteiger partial charge in [-0.1, -0.05) is 13.8 Å². The van der Waals surface area contributed by atoms with Crippen LogP contribution >= 0.6 is 23.3 Å². The molecule has 0 fully saturated rings. The predicted molar refractivity (Wildman–Crippen MR) is 48.0 cm³/mol. The second kappa shape index (κ2) is 3.39. The summed E-state index contributed by atoms with van der Waals surface area (Å²) < 4.78 is 4.31. The van der Waals surface area contributed by atoms with Crippen molar-refractivity contribution in [2.24, 2.45) is 0 Å². The zero-order chi connectivity index (χ0) is 7.56. The van der Waals surface area contributed by atoms with Crippen LogP contribution in [0.1, 0.15) is 25.5 Å². The molecule has 0 saturated carbocycles. The molecule has 1 rings (SSSR count). The summed E-state index contributed by atoms with van der Waals surface area (Å²) in [4.78, 5) is 1.33. The monoisotopic (exact) mass is 173 g/mol. The summed E-state index contributed by atoms with van der Waals surface area (Å²) in [5, 5.41) is 2.11. The molecule has 0 aromatic carbocycles. The van der Waals surface area contributed by atoms with Crippen LogP contribution in [0, 0.1) is 0 Å². The highest BCUT2D eigenvalue weighted by molar-refractivity contribution is 7.98. The van der Waals surface area contributed by atoms with Crippen molar-refractivity contribution < 1.29 is 0 Å². The fourth-order valence-electron chi connectivity index (χ4n) is 0.779. The highest BCUT2D eigenvalue weighted by atomic mass is 32.2. The van der Waals surface area contributed by atoms with E-state index in [1.807, 2.05) is 0 Å². The minimum absolute atomic E-state index is 0.564. The van der Waals surface area contributed by atoms with E-state index in [0.717, 1.165) is 0 Å². The number of nitrogens with zero attached hydrogens (tertiary/aromatic N) is 1. The van der Waals surface area contributed by atoms with Crippen molar-refractivity contribution in [1.82, 2.24) is 4.37 Å². The number of thioether (sulfide) groups is 1. The molecule has 0 atom stereocenters. The van der Waals surface area contributed by atoms with E-state index in [4.69, 9.17) is 0 Å². The Morgan fingerprint density at radius 3 is 2.70 bits per heavy atom. The third-order valence-corrected chi connectivity index (χ3v) is 2.89. The average Bonchev–Trinajstić information content (AvgIpc) is 2.33. The Morgan fingerprint density at radius 1 is 1.60 bits per heavy atom. The number of hydrogen-bond donors (Lipinski definition) is 0. The maximum Gasteiger partial charge on any atom is 0.0703 e. The Kier molecular flexibility index (Phi) is 2.74. The highest BCUT2D eigenvalue weighted by Crippen LogP contribution is 2.26. The third kappa shape index (κ3) is 1.52. The van der Waals surface area contributed by atoms with E-state index >= 15 is 0 Å². The van der Waals surface area contributed by atoms with Crippen LogP contribution in [0.2, 0.25) is 0 Å². The van der Waals surface area contributed by atoms with Gasteiger partial charge in [0.2, 0.25) is 0 Å². The Morgan fingerprint density at radius 2 is 2.30 bits per heavy atom. The summed E-state index contributed by atoms with van der Waals surface area (Å²) in [5.41, 5.74) is 1.25. The summed E-state index contributed by atoms with van der Waals surface area (Å²) in [6, 6.07) is 0. The van der Waals surface area contributed by atoms with Gasteiger partial charge in [0.1, 0.15) is 0 Å². The number of aromatic nitrogens is 1. The van der Waals surface area contributed by atoms with Crippen LogP contribution < -0.4 is 0 Å². The van der Waals surface area contributed by atoms with Gasteiger partial charge in [0.05, 0.1) is 5.69 Å². The molecule has 1 heterocycles. The molecule has 1 aromatic heterocycles. The first-order valence-corrected chi connectivity index (χ1v) is 5.30. The standard InChI is InChI=1S/C7H11NS2/c1-5(2)7-6(9-3)4-10-8-7/h4-5H,1-3H3. The molecule has 1 aromatic rings. The van der Waals surface area contributed by atoms with Gasteiger partial charge in [-0.3, -0.25) is 0 Å². The van der Waals surface area contributed by atoms with Crippen LogP contribution in [-0.2, 0) is 0 Å². The second-order valence-corrected chi connectivity index (χ2v) is 3.90. The molecule has 10 heavy (non-hydrogen) atoms. The third-order valence-electron chi connectivity index (χ3n) is 1.33. The van der Waals surface area contributed by atoms with Crippen LogP contribution in [0.15, 0.2) is 10.3 Å². The van der Waals surface area contributed by atoms with Crippen LogP contribution in [0.4, 0.5) is 0 Å². The van der Waals surface area contributed by atoms with E-state index in [1.165, 1.54) is 10.6 Å². The summed E-state index contributed by atoms with van der Waals surface area (Å²) in [7, 11) is 0. The van der Waals surface area contributed by atoms with Gasteiger partial charge in [-0.05, 0) is 23.7 Å². The maximum absolute atomic E-state index is 4.31. The molecular formula is C7H11NS2. The van der Waals surface area contributed by atoms with Gasteiger partial charge < -0.3 is 0 Å². The zero-order valence-electron chi connectivity index (χ0n) is 6.42. The number of hydrogen-bond acceptors (Lipinski definition) is 3. The SMILES string of the molecule is CSc1csnc1C(C)C. The van der Waals surface area contributed by atoms with Gasteiger partial charge in [0.25, 0.3) is 0 Å². The molecule has 0 N–H and O–H groups in total. The molecule has 0 aliphatic carbocycles. The lowest BCUT2D eigenvalue weighted by atomic mass is 10.1. The molecule has 0 amide bonds. The normalized spacial score (nSPS) is 10.8. The first-order valence-electron chi connectivity index (χ1n) is 3.24. The molecule has 0 radical (unpaired) electrons. The summed E-state index contributed by atoms with van der Waals surface area (Å²) in [5.74, 6) is 0.564. The summed E-state index contributed by atoms with van der Waals surface area (Å²) in [6.07, 6.45) is 2.09. The van der Waals surface area contributed by atoms with E-state index < -0.39 is 0 Å². The first kappa shape index (κ1) is 8.08. The van der Waals surface area contributed by atoms with Crippen molar-refractivity contribution in [2.75, 3.05) is 6.26 Å². The number of rotatable bonds is 2. The Bertz CT molecular complexity index is 205. The second-order valence-electron chi connectivity index (χ2n) is 2.42. The van der Waals surface area contributed by atoms with Gasteiger partial charge in [-0.15, -0.1) is 11.8 Å². The van der Waals surface area contributed by atoms with Gasteiger partial charge in [-0.2, -0.15) is 4.37 Å². The lowest BCUT2D eigenvalue weighted by molar-refractivity contribution is 0.817. The smallest absolute Gasteiger partial charge is 0.0703 e. The molecular weight excluding hydrogens is 162 g/mol. The molecule has 0 unspecified atom stereocenters. The fraction of sp³-hybridized carbons (Fsp3) is 0.571. The van der Waals surface area contributed by atoms with Crippen molar-refractivity contribution in [3.63, 3.8) is 0 Å². The van der Waals surface area contributed by atoms with Crippen molar-refractivity contribution >= 4 is 23.3 Å². The van der Waals surface area contributed by atoms with Gasteiger partial charge >= 0.3 is 0 Å². The van der Waals surface area contributed by atoms with E-state index in [2.05, 4.69) is 29.9 Å². The first-order chi connectivity index (χ1) is 4.75. The molecule has 1 nitrogen and oxygen atoms in total. The fourth-order valence-corrected chi connectivity index (χ4v) is 2.53. The van der Waals surface area contributed by atoms with Crippen LogP contribution in [0.3, 0.4) is 0 Å². The van der Waals surface area contributed by atoms with Crippen LogP contribution in [0.5, 0.6) is 0 Å². The van der Waals surface area contributed by atoms with Gasteiger partial charge in [0.15, 0.2) is 0 Å². The molecule has 56 valence electrons. The van der Waals surface area contributed by atoms with E-state index in [0.29, 0.717) is 5.92 Å². The zero-order valence-corrected chi connectivity index (χ0v) is 8.05. The average molecular weight is 173 g/mol. The summed E-state index contributed by atoms with van der Waals surface area (Å²) in [6.45, 7) is 4.35. The minimum atomic E-state index is 0.564. The lowest BCUT2D eigenvalue weighted by Gasteiger charge is -2.00. The van der Waals surface area contributed by atoms with Crippen LogP contribution in [0.25, 0.3) is 0 Å². The Hall–Kier alpha value is -0.0200. The molecule has 0 bridgehead atoms. The van der Waals surface area contributed by atoms with Crippen molar-refractivity contribution in [3.05, 3.63) is 11.1 Å². The Labute approximate surface area is 70.0 Å². The largest absolute Gasteiger partial charge is 0.196 e. The molecule has 0 aliphatic heterocycles. The van der Waals surface area contributed by atoms with E-state index in [-0.39, 0.29) is 0 Å². The quantitative estimate of drug-likeness (QED) is 0.638. The summed E-state index contributed by atoms with van der Waals surface area (Å²) >= 11 is 3.33. The highest BCUT2D eigenvalue weighted by Gasteiger charge is 2.07. The predicted octanol–water partition coefficient (Wildman–Crippen LogP) is 2.99. The lowest BCUT2D eigenvalue weighted by Crippen LogP contribution is -1.87. The minimum Gasteiger partial charge on any atom is -0.196 e. The maximum atomic E-state index is 4.31.